The van der Waals surface area contributed by atoms with Gasteiger partial charge in [-0.1, -0.05) is 0 Å². The summed E-state index contributed by atoms with van der Waals surface area (Å²) in [6.07, 6.45) is 2.92. The lowest BCUT2D eigenvalue weighted by Gasteiger charge is -1.99. The second kappa shape index (κ2) is 4.96. The van der Waals surface area contributed by atoms with Gasteiger partial charge in [0, 0.05) is 18.0 Å². The highest BCUT2D eigenvalue weighted by Gasteiger charge is 2.17. The number of aromatic nitrogens is 1. The first kappa shape index (κ1) is 12.2. The molecule has 0 fully saturated rings. The van der Waals surface area contributed by atoms with E-state index in [2.05, 4.69) is 4.98 Å². The maximum atomic E-state index is 12.0. The molecule has 0 bridgehead atoms. The highest BCUT2D eigenvalue weighted by molar-refractivity contribution is 6.13. The lowest BCUT2D eigenvalue weighted by Crippen LogP contribution is -2.08. The van der Waals surface area contributed by atoms with Crippen LogP contribution in [0.3, 0.4) is 0 Å². The first-order chi connectivity index (χ1) is 8.58. The van der Waals surface area contributed by atoms with Crippen LogP contribution in [-0.2, 0) is 0 Å². The number of ketones is 2. The average molecular weight is 243 g/mol. The highest BCUT2D eigenvalue weighted by atomic mass is 16.3. The van der Waals surface area contributed by atoms with Crippen molar-refractivity contribution >= 4 is 11.6 Å². The van der Waals surface area contributed by atoms with Crippen molar-refractivity contribution in [1.29, 1.82) is 0 Å². The van der Waals surface area contributed by atoms with Crippen molar-refractivity contribution in [2.24, 2.45) is 0 Å². The monoisotopic (exact) mass is 243 g/mol. The predicted molar refractivity (Wildman–Crippen MR) is 65.7 cm³/mol. The molecule has 2 rings (SSSR count). The summed E-state index contributed by atoms with van der Waals surface area (Å²) in [7, 11) is 0. The zero-order chi connectivity index (χ0) is 13.1. The second-order valence-corrected chi connectivity index (χ2v) is 4.09. The van der Waals surface area contributed by atoms with E-state index in [1.165, 1.54) is 12.4 Å². The minimum absolute atomic E-state index is 0.149. The molecule has 0 atom stereocenters. The van der Waals surface area contributed by atoms with Crippen LogP contribution >= 0.6 is 0 Å². The summed E-state index contributed by atoms with van der Waals surface area (Å²) < 4.78 is 5.28. The van der Waals surface area contributed by atoms with Gasteiger partial charge in [0.25, 0.3) is 0 Å². The Morgan fingerprint density at radius 3 is 2.39 bits per heavy atom. The van der Waals surface area contributed by atoms with E-state index < -0.39 is 0 Å². The van der Waals surface area contributed by atoms with Crippen LogP contribution in [0.5, 0.6) is 0 Å². The van der Waals surface area contributed by atoms with Crippen LogP contribution in [0, 0.1) is 13.8 Å². The Labute approximate surface area is 105 Å². The zero-order valence-corrected chi connectivity index (χ0v) is 10.3. The summed E-state index contributed by atoms with van der Waals surface area (Å²) in [5.74, 6) is 0.805. The number of carbonyl (C=O) groups excluding carboxylic acids is 2. The second-order valence-electron chi connectivity index (χ2n) is 4.09. The number of carbonyl (C=O) groups is 2. The molecule has 4 nitrogen and oxygen atoms in total. The van der Waals surface area contributed by atoms with Crippen molar-refractivity contribution < 1.29 is 14.0 Å². The molecule has 0 aliphatic heterocycles. The Balaban J connectivity index is 2.13. The molecule has 0 saturated carbocycles. The number of nitrogens with zero attached hydrogens (tertiary/aromatic N) is 1. The Kier molecular flexibility index (Phi) is 3.37. The molecular weight excluding hydrogens is 230 g/mol. The molecule has 0 radical (unpaired) electrons. The van der Waals surface area contributed by atoms with Crippen molar-refractivity contribution in [2.45, 2.75) is 20.3 Å². The quantitative estimate of drug-likeness (QED) is 0.612. The van der Waals surface area contributed by atoms with Crippen LogP contribution in [-0.4, -0.2) is 16.6 Å². The third kappa shape index (κ3) is 2.53. The molecule has 0 unspecified atom stereocenters. The fraction of sp³-hybridized carbons (Fsp3) is 0.214. The zero-order valence-electron chi connectivity index (χ0n) is 10.3. The maximum absolute atomic E-state index is 12.0. The van der Waals surface area contributed by atoms with Crippen LogP contribution in [0.1, 0.15) is 38.7 Å². The maximum Gasteiger partial charge on any atom is 0.174 e. The van der Waals surface area contributed by atoms with Gasteiger partial charge in [0.05, 0.1) is 12.0 Å². The van der Waals surface area contributed by atoms with E-state index in [0.717, 1.165) is 0 Å². The summed E-state index contributed by atoms with van der Waals surface area (Å²) in [6.45, 7) is 3.49. The van der Waals surface area contributed by atoms with E-state index in [1.54, 1.807) is 32.0 Å². The third-order valence-electron chi connectivity index (χ3n) is 2.66. The normalized spacial score (nSPS) is 10.3. The topological polar surface area (TPSA) is 60.2 Å². The van der Waals surface area contributed by atoms with Gasteiger partial charge in [0.2, 0.25) is 0 Å². The number of rotatable bonds is 4. The van der Waals surface area contributed by atoms with E-state index in [9.17, 15) is 9.59 Å². The molecule has 2 heterocycles. The van der Waals surface area contributed by atoms with Crippen LogP contribution in [0.15, 0.2) is 35.0 Å². The molecule has 18 heavy (non-hydrogen) atoms. The highest BCUT2D eigenvalue weighted by Crippen LogP contribution is 2.16. The fourth-order valence-electron chi connectivity index (χ4n) is 1.79. The van der Waals surface area contributed by atoms with Gasteiger partial charge < -0.3 is 4.42 Å². The van der Waals surface area contributed by atoms with Gasteiger partial charge in [-0.3, -0.25) is 14.6 Å². The SMILES string of the molecule is Cc1cc(C(=O)CC(=O)c2ccncc2)c(C)o1. The van der Waals surface area contributed by atoms with Gasteiger partial charge in [-0.15, -0.1) is 0 Å². The summed E-state index contributed by atoms with van der Waals surface area (Å²) in [5.41, 5.74) is 0.978. The summed E-state index contributed by atoms with van der Waals surface area (Å²) in [5, 5.41) is 0. The van der Waals surface area contributed by atoms with Crippen LogP contribution in [0.4, 0.5) is 0 Å². The minimum Gasteiger partial charge on any atom is -0.466 e. The van der Waals surface area contributed by atoms with Crippen molar-refractivity contribution in [3.05, 3.63) is 53.2 Å². The number of Topliss-reactive ketones (excluding diaryl/α,β-unsaturated/α-hetero) is 2. The van der Waals surface area contributed by atoms with E-state index in [4.69, 9.17) is 4.42 Å². The molecule has 0 amide bonds. The molecular formula is C14H13NO3. The number of furan rings is 1. The van der Waals surface area contributed by atoms with Gasteiger partial charge in [-0.05, 0) is 32.0 Å². The number of hydrogen-bond donors (Lipinski definition) is 0. The number of hydrogen-bond acceptors (Lipinski definition) is 4. The number of pyridine rings is 1. The van der Waals surface area contributed by atoms with E-state index in [0.29, 0.717) is 22.6 Å². The van der Waals surface area contributed by atoms with Gasteiger partial charge in [-0.2, -0.15) is 0 Å². The first-order valence-electron chi connectivity index (χ1n) is 5.61. The Bertz CT molecular complexity index is 584. The summed E-state index contributed by atoms with van der Waals surface area (Å²) >= 11 is 0. The Hall–Kier alpha value is -2.23. The molecule has 0 aliphatic carbocycles. The predicted octanol–water partition coefficient (Wildman–Crippen LogP) is 2.75. The smallest absolute Gasteiger partial charge is 0.174 e. The molecule has 0 saturated heterocycles. The standard InChI is InChI=1S/C14H13NO3/c1-9-7-12(10(2)18-9)14(17)8-13(16)11-3-5-15-6-4-11/h3-7H,8H2,1-2H3. The van der Waals surface area contributed by atoms with Crippen LogP contribution < -0.4 is 0 Å². The molecule has 4 heteroatoms. The molecule has 0 spiro atoms. The van der Waals surface area contributed by atoms with Crippen molar-refractivity contribution in [1.82, 2.24) is 4.98 Å². The van der Waals surface area contributed by atoms with Crippen molar-refractivity contribution in [3.8, 4) is 0 Å². The largest absolute Gasteiger partial charge is 0.466 e. The minimum atomic E-state index is -0.217. The van der Waals surface area contributed by atoms with Crippen LogP contribution in [0.25, 0.3) is 0 Å². The average Bonchev–Trinajstić information content (AvgIpc) is 2.69. The van der Waals surface area contributed by atoms with Crippen molar-refractivity contribution in [3.63, 3.8) is 0 Å². The van der Waals surface area contributed by atoms with Gasteiger partial charge in [0.1, 0.15) is 11.5 Å². The first-order valence-corrected chi connectivity index (χ1v) is 5.61. The lowest BCUT2D eigenvalue weighted by atomic mass is 10.0. The van der Waals surface area contributed by atoms with Crippen molar-refractivity contribution in [2.75, 3.05) is 0 Å². The molecule has 92 valence electrons. The van der Waals surface area contributed by atoms with Crippen LogP contribution in [0.2, 0.25) is 0 Å². The van der Waals surface area contributed by atoms with Gasteiger partial charge >= 0.3 is 0 Å². The van der Waals surface area contributed by atoms with E-state index in [1.807, 2.05) is 0 Å². The van der Waals surface area contributed by atoms with Gasteiger partial charge in [0.15, 0.2) is 11.6 Å². The summed E-state index contributed by atoms with van der Waals surface area (Å²) in [6, 6.07) is 4.86. The molecule has 0 aliphatic rings. The molecule has 2 aromatic heterocycles. The van der Waals surface area contributed by atoms with Gasteiger partial charge in [-0.25, -0.2) is 0 Å². The Morgan fingerprint density at radius 2 is 1.83 bits per heavy atom. The molecule has 0 N–H and O–H groups in total. The Morgan fingerprint density at radius 1 is 1.17 bits per heavy atom. The molecule has 0 aromatic carbocycles. The third-order valence-corrected chi connectivity index (χ3v) is 2.66. The fourth-order valence-corrected chi connectivity index (χ4v) is 1.79. The lowest BCUT2D eigenvalue weighted by molar-refractivity contribution is 0.0893. The summed E-state index contributed by atoms with van der Waals surface area (Å²) in [4.78, 5) is 27.7. The molecule has 2 aromatic rings. The number of aryl methyl sites for hydroxylation is 2. The van der Waals surface area contributed by atoms with E-state index in [-0.39, 0.29) is 18.0 Å². The van der Waals surface area contributed by atoms with E-state index >= 15 is 0 Å².